The fourth-order valence-corrected chi connectivity index (χ4v) is 3.62. The molecule has 0 unspecified atom stereocenters. The van der Waals surface area contributed by atoms with Gasteiger partial charge in [-0.25, -0.2) is 4.98 Å². The zero-order chi connectivity index (χ0) is 19.4. The molecule has 27 heavy (non-hydrogen) atoms. The summed E-state index contributed by atoms with van der Waals surface area (Å²) in [6, 6.07) is 12.0. The van der Waals surface area contributed by atoms with Gasteiger partial charge in [0, 0.05) is 21.2 Å². The van der Waals surface area contributed by atoms with Crippen molar-refractivity contribution in [2.45, 2.75) is 10.6 Å². The highest BCUT2D eigenvalue weighted by molar-refractivity contribution is 14.1. The number of carbonyl (C=O) groups is 1. The second-order valence-corrected chi connectivity index (χ2v) is 7.10. The third-order valence-electron chi connectivity index (χ3n) is 3.61. The van der Waals surface area contributed by atoms with Crippen LogP contribution in [0.1, 0.15) is 21.6 Å². The Morgan fingerprint density at radius 2 is 1.81 bits per heavy atom. The van der Waals surface area contributed by atoms with E-state index in [9.17, 15) is 18.0 Å². The molecule has 4 nitrogen and oxygen atoms in total. The first-order chi connectivity index (χ1) is 12.9. The molecule has 1 amide bonds. The van der Waals surface area contributed by atoms with E-state index >= 15 is 0 Å². The second-order valence-electron chi connectivity index (χ2n) is 5.48. The summed E-state index contributed by atoms with van der Waals surface area (Å²) in [6.07, 6.45) is -4.41. The number of hydrogen-bond acceptors (Lipinski definition) is 4. The molecule has 3 rings (SSSR count). The van der Waals surface area contributed by atoms with E-state index in [2.05, 4.69) is 38.2 Å². The molecule has 0 aliphatic rings. The number of halogens is 4. The lowest BCUT2D eigenvalue weighted by atomic mass is 10.2. The van der Waals surface area contributed by atoms with Crippen LogP contribution in [0.2, 0.25) is 0 Å². The molecule has 0 spiro atoms. The fourth-order valence-electron chi connectivity index (χ4n) is 2.25. The SMILES string of the molecule is O=C(Nc1ccc(C(F)(F)F)cc1)c1csc(Nc2ccccc2CI)n1. The van der Waals surface area contributed by atoms with Crippen LogP contribution in [0.4, 0.5) is 29.7 Å². The van der Waals surface area contributed by atoms with E-state index in [1.807, 2.05) is 24.3 Å². The molecular weight excluding hydrogens is 490 g/mol. The molecular formula is C18H13F3IN3OS. The zero-order valence-electron chi connectivity index (χ0n) is 13.7. The van der Waals surface area contributed by atoms with Crippen molar-refractivity contribution in [3.05, 3.63) is 70.7 Å². The zero-order valence-corrected chi connectivity index (χ0v) is 16.7. The molecule has 1 aromatic heterocycles. The van der Waals surface area contributed by atoms with E-state index in [0.29, 0.717) is 5.13 Å². The first-order valence-corrected chi connectivity index (χ1v) is 10.1. The van der Waals surface area contributed by atoms with Crippen LogP contribution in [-0.2, 0) is 10.6 Å². The van der Waals surface area contributed by atoms with Crippen molar-refractivity contribution < 1.29 is 18.0 Å². The van der Waals surface area contributed by atoms with Crippen LogP contribution in [0.3, 0.4) is 0 Å². The van der Waals surface area contributed by atoms with Crippen molar-refractivity contribution in [3.63, 3.8) is 0 Å². The maximum atomic E-state index is 12.6. The van der Waals surface area contributed by atoms with Gasteiger partial charge in [-0.15, -0.1) is 11.3 Å². The quantitative estimate of drug-likeness (QED) is 0.327. The third-order valence-corrected chi connectivity index (χ3v) is 5.19. The van der Waals surface area contributed by atoms with Gasteiger partial charge in [-0.2, -0.15) is 13.2 Å². The summed E-state index contributed by atoms with van der Waals surface area (Å²) in [5.74, 6) is -0.485. The Bertz CT molecular complexity index is 942. The van der Waals surface area contributed by atoms with Crippen LogP contribution in [0.5, 0.6) is 0 Å². The Hall–Kier alpha value is -2.14. The van der Waals surface area contributed by atoms with Crippen molar-refractivity contribution in [1.29, 1.82) is 0 Å². The molecule has 2 aromatic carbocycles. The van der Waals surface area contributed by atoms with E-state index in [4.69, 9.17) is 0 Å². The van der Waals surface area contributed by atoms with Gasteiger partial charge in [-0.3, -0.25) is 4.79 Å². The molecule has 1 heterocycles. The Kier molecular flexibility index (Phi) is 6.00. The highest BCUT2D eigenvalue weighted by Crippen LogP contribution is 2.30. The number of nitrogens with zero attached hydrogens (tertiary/aromatic N) is 1. The number of aromatic nitrogens is 1. The van der Waals surface area contributed by atoms with Gasteiger partial charge in [0.2, 0.25) is 0 Å². The van der Waals surface area contributed by atoms with Crippen molar-refractivity contribution in [1.82, 2.24) is 4.98 Å². The Labute approximate surface area is 171 Å². The third kappa shape index (κ3) is 4.98. The Morgan fingerprint density at radius 3 is 2.48 bits per heavy atom. The normalized spacial score (nSPS) is 11.3. The van der Waals surface area contributed by atoms with E-state index in [-0.39, 0.29) is 11.4 Å². The minimum absolute atomic E-state index is 0.189. The highest BCUT2D eigenvalue weighted by Gasteiger charge is 2.30. The predicted molar refractivity (Wildman–Crippen MR) is 109 cm³/mol. The molecule has 0 saturated heterocycles. The van der Waals surface area contributed by atoms with Gasteiger partial charge < -0.3 is 10.6 Å². The number of rotatable bonds is 5. The number of hydrogen-bond donors (Lipinski definition) is 2. The highest BCUT2D eigenvalue weighted by atomic mass is 127. The molecule has 140 valence electrons. The van der Waals surface area contributed by atoms with Crippen molar-refractivity contribution >= 4 is 56.3 Å². The van der Waals surface area contributed by atoms with Gasteiger partial charge in [-0.1, -0.05) is 40.8 Å². The van der Waals surface area contributed by atoms with Gasteiger partial charge in [0.1, 0.15) is 5.69 Å². The first kappa shape index (κ1) is 19.6. The average molecular weight is 503 g/mol. The van der Waals surface area contributed by atoms with Crippen LogP contribution in [0, 0.1) is 0 Å². The maximum absolute atomic E-state index is 12.6. The Morgan fingerprint density at radius 1 is 1.11 bits per heavy atom. The fraction of sp³-hybridized carbons (Fsp3) is 0.111. The summed E-state index contributed by atoms with van der Waals surface area (Å²) in [6.45, 7) is 0. The van der Waals surface area contributed by atoms with E-state index in [1.165, 1.54) is 23.5 Å². The number of thiazole rings is 1. The summed E-state index contributed by atoms with van der Waals surface area (Å²) in [7, 11) is 0. The van der Waals surface area contributed by atoms with Gasteiger partial charge in [0.25, 0.3) is 5.91 Å². The molecule has 0 radical (unpaired) electrons. The molecule has 0 saturated carbocycles. The first-order valence-electron chi connectivity index (χ1n) is 7.72. The van der Waals surface area contributed by atoms with E-state index in [1.54, 1.807) is 5.38 Å². The van der Waals surface area contributed by atoms with Gasteiger partial charge in [0.15, 0.2) is 5.13 Å². The van der Waals surface area contributed by atoms with Crippen LogP contribution in [0.15, 0.2) is 53.9 Å². The van der Waals surface area contributed by atoms with Crippen molar-refractivity contribution in [3.8, 4) is 0 Å². The number of alkyl halides is 4. The lowest BCUT2D eigenvalue weighted by Crippen LogP contribution is -2.13. The number of benzene rings is 2. The molecule has 2 N–H and O–H groups in total. The van der Waals surface area contributed by atoms with Crippen LogP contribution in [-0.4, -0.2) is 10.9 Å². The second kappa shape index (κ2) is 8.26. The van der Waals surface area contributed by atoms with Gasteiger partial charge in [0.05, 0.1) is 5.56 Å². The molecule has 0 aliphatic heterocycles. The van der Waals surface area contributed by atoms with E-state index in [0.717, 1.165) is 27.8 Å². The molecule has 3 aromatic rings. The number of amides is 1. The topological polar surface area (TPSA) is 54.0 Å². The number of nitrogens with one attached hydrogen (secondary N) is 2. The van der Waals surface area contributed by atoms with Crippen LogP contribution < -0.4 is 10.6 Å². The van der Waals surface area contributed by atoms with Gasteiger partial charge >= 0.3 is 6.18 Å². The summed E-state index contributed by atoms with van der Waals surface area (Å²) < 4.78 is 38.6. The van der Waals surface area contributed by atoms with Crippen molar-refractivity contribution in [2.24, 2.45) is 0 Å². The van der Waals surface area contributed by atoms with Crippen LogP contribution in [0.25, 0.3) is 0 Å². The number of carbonyl (C=O) groups excluding carboxylic acids is 1. The smallest absolute Gasteiger partial charge is 0.331 e. The minimum Gasteiger partial charge on any atom is -0.331 e. The molecule has 0 bridgehead atoms. The molecule has 9 heteroatoms. The van der Waals surface area contributed by atoms with Crippen molar-refractivity contribution in [2.75, 3.05) is 10.6 Å². The minimum atomic E-state index is -4.41. The largest absolute Gasteiger partial charge is 0.416 e. The van der Waals surface area contributed by atoms with E-state index < -0.39 is 17.6 Å². The standard InChI is InChI=1S/C18H13F3IN3OS/c19-18(20,21)12-5-7-13(8-6-12)23-16(26)15-10-27-17(25-15)24-14-4-2-1-3-11(14)9-22/h1-8,10H,9H2,(H,23,26)(H,24,25). The Balaban J connectivity index is 1.68. The van der Waals surface area contributed by atoms with Crippen LogP contribution >= 0.6 is 33.9 Å². The number of anilines is 3. The lowest BCUT2D eigenvalue weighted by molar-refractivity contribution is -0.137. The summed E-state index contributed by atoms with van der Waals surface area (Å²) in [4.78, 5) is 16.5. The monoisotopic (exact) mass is 503 g/mol. The summed E-state index contributed by atoms with van der Waals surface area (Å²) in [5.41, 5.74) is 1.72. The predicted octanol–water partition coefficient (Wildman–Crippen LogP) is 6.09. The van der Waals surface area contributed by atoms with Gasteiger partial charge in [-0.05, 0) is 35.9 Å². The molecule has 0 atom stereocenters. The average Bonchev–Trinajstić information content (AvgIpc) is 3.10. The number of para-hydroxylation sites is 1. The summed E-state index contributed by atoms with van der Waals surface area (Å²) in [5, 5.41) is 7.88. The molecule has 0 aliphatic carbocycles. The summed E-state index contributed by atoms with van der Waals surface area (Å²) >= 11 is 3.54. The molecule has 0 fully saturated rings. The lowest BCUT2D eigenvalue weighted by Gasteiger charge is -2.08. The maximum Gasteiger partial charge on any atom is 0.416 e.